The van der Waals surface area contributed by atoms with Crippen LogP contribution < -0.4 is 10.9 Å². The molecule has 1 unspecified atom stereocenters. The van der Waals surface area contributed by atoms with Crippen LogP contribution >= 0.6 is 11.3 Å². The lowest BCUT2D eigenvalue weighted by molar-refractivity contribution is 0.0932. The molecule has 0 aliphatic rings. The molecule has 124 valence electrons. The minimum Gasteiger partial charge on any atom is -0.467 e. The minimum absolute atomic E-state index is 0.240. The molecule has 0 aliphatic heterocycles. The van der Waals surface area contributed by atoms with Crippen LogP contribution in [0.4, 0.5) is 0 Å². The van der Waals surface area contributed by atoms with Gasteiger partial charge in [0.15, 0.2) is 4.96 Å². The first-order valence-corrected chi connectivity index (χ1v) is 8.46. The van der Waals surface area contributed by atoms with Crippen molar-refractivity contribution in [1.29, 1.82) is 0 Å². The largest absolute Gasteiger partial charge is 0.467 e. The number of nitrogens with one attached hydrogen (secondary N) is 1. The van der Waals surface area contributed by atoms with Crippen LogP contribution in [0.2, 0.25) is 0 Å². The first kappa shape index (κ1) is 15.3. The molecule has 0 fully saturated rings. The van der Waals surface area contributed by atoms with Gasteiger partial charge in [0.2, 0.25) is 0 Å². The number of benzene rings is 1. The summed E-state index contributed by atoms with van der Waals surface area (Å²) in [6.45, 7) is 0. The third-order valence-electron chi connectivity index (χ3n) is 3.78. The number of hydrogen-bond donors (Lipinski definition) is 1. The molecule has 4 aromatic rings. The van der Waals surface area contributed by atoms with Crippen molar-refractivity contribution in [2.45, 2.75) is 6.04 Å². The van der Waals surface area contributed by atoms with Gasteiger partial charge in [-0.2, -0.15) is 4.98 Å². The van der Waals surface area contributed by atoms with Crippen LogP contribution in [0.15, 0.2) is 75.6 Å². The van der Waals surface area contributed by atoms with E-state index in [1.807, 2.05) is 30.3 Å². The monoisotopic (exact) mass is 351 g/mol. The molecule has 1 aromatic carbocycles. The van der Waals surface area contributed by atoms with Gasteiger partial charge < -0.3 is 9.73 Å². The van der Waals surface area contributed by atoms with Crippen LogP contribution in [-0.2, 0) is 0 Å². The molecule has 0 spiro atoms. The van der Waals surface area contributed by atoms with Crippen molar-refractivity contribution < 1.29 is 9.21 Å². The number of carbonyl (C=O) groups is 1. The van der Waals surface area contributed by atoms with Gasteiger partial charge in [0.25, 0.3) is 11.5 Å². The Labute approximate surface area is 146 Å². The number of nitrogens with zero attached hydrogens (tertiary/aromatic N) is 2. The zero-order valence-corrected chi connectivity index (χ0v) is 13.8. The molecule has 7 heteroatoms. The number of fused-ring (bicyclic) bond motifs is 1. The molecular weight excluding hydrogens is 338 g/mol. The van der Waals surface area contributed by atoms with Crippen LogP contribution in [0.3, 0.4) is 0 Å². The number of hydrogen-bond acceptors (Lipinski definition) is 5. The lowest BCUT2D eigenvalue weighted by Crippen LogP contribution is -2.31. The molecule has 1 atom stereocenters. The van der Waals surface area contributed by atoms with Gasteiger partial charge in [-0.1, -0.05) is 30.3 Å². The van der Waals surface area contributed by atoms with Gasteiger partial charge in [0.1, 0.15) is 17.5 Å². The maximum atomic E-state index is 12.9. The maximum Gasteiger partial charge on any atom is 0.274 e. The molecule has 3 heterocycles. The highest BCUT2D eigenvalue weighted by Gasteiger charge is 2.22. The van der Waals surface area contributed by atoms with Gasteiger partial charge in [-0.25, -0.2) is 0 Å². The smallest absolute Gasteiger partial charge is 0.274 e. The van der Waals surface area contributed by atoms with Gasteiger partial charge >= 0.3 is 0 Å². The number of amides is 1. The summed E-state index contributed by atoms with van der Waals surface area (Å²) in [7, 11) is 0. The number of furan rings is 1. The molecule has 0 saturated heterocycles. The molecule has 0 aliphatic carbocycles. The van der Waals surface area contributed by atoms with E-state index < -0.39 is 11.6 Å². The first-order valence-electron chi connectivity index (χ1n) is 7.58. The summed E-state index contributed by atoms with van der Waals surface area (Å²) in [6.07, 6.45) is 3.28. The number of rotatable bonds is 4. The van der Waals surface area contributed by atoms with Crippen LogP contribution in [0.1, 0.15) is 27.9 Å². The van der Waals surface area contributed by atoms with Crippen molar-refractivity contribution in [3.05, 3.63) is 93.7 Å². The predicted octanol–water partition coefficient (Wildman–Crippen LogP) is 2.87. The molecular formula is C18H13N3O3S. The Morgan fingerprint density at radius 2 is 2.04 bits per heavy atom. The second kappa shape index (κ2) is 6.37. The van der Waals surface area contributed by atoms with E-state index >= 15 is 0 Å². The summed E-state index contributed by atoms with van der Waals surface area (Å²) in [6, 6.07) is 13.9. The fourth-order valence-electron chi connectivity index (χ4n) is 2.65. The van der Waals surface area contributed by atoms with E-state index in [1.165, 1.54) is 17.4 Å². The Morgan fingerprint density at radius 3 is 2.80 bits per heavy atom. The van der Waals surface area contributed by atoms with Crippen LogP contribution in [0.5, 0.6) is 0 Å². The summed E-state index contributed by atoms with van der Waals surface area (Å²) in [5, 5.41) is 4.72. The third kappa shape index (κ3) is 2.97. The zero-order valence-electron chi connectivity index (χ0n) is 13.0. The van der Waals surface area contributed by atoms with Crippen LogP contribution in [-0.4, -0.2) is 15.3 Å². The molecule has 0 radical (unpaired) electrons. The van der Waals surface area contributed by atoms with Crippen molar-refractivity contribution in [2.24, 2.45) is 0 Å². The average Bonchev–Trinajstić information content (AvgIpc) is 3.31. The van der Waals surface area contributed by atoms with Crippen LogP contribution in [0.25, 0.3) is 4.96 Å². The van der Waals surface area contributed by atoms with Gasteiger partial charge in [0, 0.05) is 17.6 Å². The number of carbonyl (C=O) groups excluding carboxylic acids is 1. The molecule has 6 nitrogen and oxygen atoms in total. The molecule has 4 rings (SSSR count). The summed E-state index contributed by atoms with van der Waals surface area (Å²) in [5.74, 6) is 0.237. The summed E-state index contributed by atoms with van der Waals surface area (Å²) < 4.78 is 7.09. The highest BCUT2D eigenvalue weighted by atomic mass is 32.1. The molecule has 3 aromatic heterocycles. The Kier molecular flexibility index (Phi) is 3.91. The summed E-state index contributed by atoms with van der Waals surface area (Å²) in [5.41, 5.74) is 0.680. The molecule has 1 N–H and O–H groups in total. The fraction of sp³-hybridized carbons (Fsp3) is 0.0556. The van der Waals surface area contributed by atoms with E-state index in [0.717, 1.165) is 5.56 Å². The highest BCUT2D eigenvalue weighted by molar-refractivity contribution is 7.15. The van der Waals surface area contributed by atoms with Crippen molar-refractivity contribution >= 4 is 22.2 Å². The van der Waals surface area contributed by atoms with Gasteiger partial charge in [0.05, 0.1) is 6.26 Å². The SMILES string of the molecule is O=C(NC(c1ccccc1)c1ccco1)c1cc(=O)nc2sccn12. The molecule has 0 bridgehead atoms. The summed E-state index contributed by atoms with van der Waals surface area (Å²) in [4.78, 5) is 29.0. The number of aromatic nitrogens is 2. The lowest BCUT2D eigenvalue weighted by Gasteiger charge is -2.17. The van der Waals surface area contributed by atoms with Crippen molar-refractivity contribution in [3.63, 3.8) is 0 Å². The third-order valence-corrected chi connectivity index (χ3v) is 4.54. The standard InChI is InChI=1S/C18H13N3O3S/c22-15-11-13(21-8-10-25-18(21)19-15)17(23)20-16(14-7-4-9-24-14)12-5-2-1-3-6-12/h1-11,16H,(H,20,23). The topological polar surface area (TPSA) is 76.6 Å². The second-order valence-corrected chi connectivity index (χ2v) is 6.24. The number of thiazole rings is 1. The zero-order chi connectivity index (χ0) is 17.2. The Morgan fingerprint density at radius 1 is 1.20 bits per heavy atom. The fourth-order valence-corrected chi connectivity index (χ4v) is 3.37. The van der Waals surface area contributed by atoms with E-state index in [0.29, 0.717) is 10.7 Å². The van der Waals surface area contributed by atoms with E-state index in [-0.39, 0.29) is 11.6 Å². The Hall–Kier alpha value is -3.19. The lowest BCUT2D eigenvalue weighted by atomic mass is 10.0. The van der Waals surface area contributed by atoms with Gasteiger partial charge in [-0.15, -0.1) is 11.3 Å². The maximum absolute atomic E-state index is 12.9. The Balaban J connectivity index is 1.74. The van der Waals surface area contributed by atoms with Gasteiger partial charge in [-0.3, -0.25) is 14.0 Å². The normalized spacial score (nSPS) is 12.2. The van der Waals surface area contributed by atoms with E-state index in [2.05, 4.69) is 10.3 Å². The predicted molar refractivity (Wildman–Crippen MR) is 93.8 cm³/mol. The highest BCUT2D eigenvalue weighted by Crippen LogP contribution is 2.23. The second-order valence-electron chi connectivity index (χ2n) is 5.37. The van der Waals surface area contributed by atoms with Crippen LogP contribution in [0, 0.1) is 0 Å². The molecule has 1 amide bonds. The van der Waals surface area contributed by atoms with E-state index in [4.69, 9.17) is 4.42 Å². The van der Waals surface area contributed by atoms with Crippen molar-refractivity contribution in [1.82, 2.24) is 14.7 Å². The minimum atomic E-state index is -0.457. The van der Waals surface area contributed by atoms with Gasteiger partial charge in [-0.05, 0) is 17.7 Å². The van der Waals surface area contributed by atoms with E-state index in [1.54, 1.807) is 34.4 Å². The van der Waals surface area contributed by atoms with E-state index in [9.17, 15) is 9.59 Å². The quantitative estimate of drug-likeness (QED) is 0.613. The average molecular weight is 351 g/mol. The van der Waals surface area contributed by atoms with Crippen molar-refractivity contribution in [3.8, 4) is 0 Å². The first-order chi connectivity index (χ1) is 12.2. The van der Waals surface area contributed by atoms with Crippen molar-refractivity contribution in [2.75, 3.05) is 0 Å². The Bertz CT molecular complexity index is 1070. The molecule has 0 saturated carbocycles. The summed E-state index contributed by atoms with van der Waals surface area (Å²) >= 11 is 1.30. The molecule has 25 heavy (non-hydrogen) atoms.